The molecule has 2 aliphatic rings. The number of aromatic nitrogens is 4. The van der Waals surface area contributed by atoms with Crippen LogP contribution in [0.1, 0.15) is 55.0 Å². The zero-order valence-electron chi connectivity index (χ0n) is 22.3. The molecule has 2 aliphatic heterocycles. The second-order valence-corrected chi connectivity index (χ2v) is 10.5. The third kappa shape index (κ3) is 5.91. The second kappa shape index (κ2) is 11.4. The minimum Gasteiger partial charge on any atom is -0.399 e. The molecule has 5 rings (SSSR count). The molecule has 0 amide bonds. The van der Waals surface area contributed by atoms with E-state index in [9.17, 15) is 17.6 Å². The third-order valence-corrected chi connectivity index (χ3v) is 7.82. The lowest BCUT2D eigenvalue weighted by atomic mass is 9.95. The molecule has 2 fully saturated rings. The number of halogens is 4. The lowest BCUT2D eigenvalue weighted by molar-refractivity contribution is -0.139. The predicted octanol–water partition coefficient (Wildman–Crippen LogP) is 4.88. The van der Waals surface area contributed by atoms with Crippen molar-refractivity contribution < 1.29 is 17.6 Å². The smallest absolute Gasteiger partial charge is 0.399 e. The van der Waals surface area contributed by atoms with Crippen LogP contribution < -0.4 is 16.4 Å². The molecule has 2 saturated heterocycles. The number of anilines is 2. The standard InChI is InChI=1S/C28H34F4N8/c1-18(33)24-25(34)35-17-36-27(24)39-11-7-19(8-12-39)26-37-23(16-40(26)14-13-38-9-3-2-4-10-38)20-5-6-22(29)21(15-20)28(30,31)32/h5-6,15-17,19H,1-4,7-14,33H2,(H2,34,35,36). The van der Waals surface area contributed by atoms with Gasteiger partial charge >= 0.3 is 6.18 Å². The van der Waals surface area contributed by atoms with E-state index in [0.717, 1.165) is 50.4 Å². The van der Waals surface area contributed by atoms with Gasteiger partial charge in [0.1, 0.15) is 29.6 Å². The first kappa shape index (κ1) is 27.9. The number of hydrogen-bond acceptors (Lipinski definition) is 7. The van der Waals surface area contributed by atoms with Crippen LogP contribution in [0.5, 0.6) is 0 Å². The molecule has 0 radical (unpaired) electrons. The van der Waals surface area contributed by atoms with Crippen LogP contribution in [0.4, 0.5) is 29.2 Å². The van der Waals surface area contributed by atoms with Crippen LogP contribution in [0.25, 0.3) is 17.0 Å². The number of piperidine rings is 2. The van der Waals surface area contributed by atoms with Crippen molar-refractivity contribution in [3.8, 4) is 11.3 Å². The highest BCUT2D eigenvalue weighted by atomic mass is 19.4. The minimum absolute atomic E-state index is 0.0811. The fourth-order valence-corrected chi connectivity index (χ4v) is 5.69. The molecular weight excluding hydrogens is 524 g/mol. The Labute approximate surface area is 230 Å². The van der Waals surface area contributed by atoms with E-state index in [1.807, 2.05) is 0 Å². The monoisotopic (exact) mass is 558 g/mol. The van der Waals surface area contributed by atoms with Crippen molar-refractivity contribution in [3.63, 3.8) is 0 Å². The quantitative estimate of drug-likeness (QED) is 0.399. The minimum atomic E-state index is -4.79. The maximum Gasteiger partial charge on any atom is 0.419 e. The number of rotatable bonds is 7. The predicted molar refractivity (Wildman–Crippen MR) is 147 cm³/mol. The van der Waals surface area contributed by atoms with Crippen LogP contribution >= 0.6 is 0 Å². The topological polar surface area (TPSA) is 102 Å². The first-order valence-corrected chi connectivity index (χ1v) is 13.6. The summed E-state index contributed by atoms with van der Waals surface area (Å²) in [6.07, 6.45) is 3.49. The van der Waals surface area contributed by atoms with Gasteiger partial charge < -0.3 is 25.8 Å². The summed E-state index contributed by atoms with van der Waals surface area (Å²) in [5, 5.41) is 0. The average Bonchev–Trinajstić information content (AvgIpc) is 3.36. The van der Waals surface area contributed by atoms with E-state index < -0.39 is 17.6 Å². The highest BCUT2D eigenvalue weighted by Gasteiger charge is 2.35. The molecule has 3 aromatic rings. The molecule has 0 unspecified atom stereocenters. The maximum atomic E-state index is 14.0. The van der Waals surface area contributed by atoms with Crippen LogP contribution in [0.2, 0.25) is 0 Å². The Bertz CT molecular complexity index is 1350. The Morgan fingerprint density at radius 3 is 2.42 bits per heavy atom. The fraction of sp³-hybridized carbons (Fsp3) is 0.464. The lowest BCUT2D eigenvalue weighted by Gasteiger charge is -2.34. The lowest BCUT2D eigenvalue weighted by Crippen LogP contribution is -2.36. The molecule has 1 aromatic carbocycles. The molecule has 2 aromatic heterocycles. The van der Waals surface area contributed by atoms with Crippen LogP contribution in [-0.4, -0.2) is 57.1 Å². The Hall–Kier alpha value is -3.67. The van der Waals surface area contributed by atoms with Gasteiger partial charge in [0.25, 0.3) is 0 Å². The molecular formula is C28H34F4N8. The molecule has 12 heteroatoms. The number of likely N-dealkylation sites (tertiary alicyclic amines) is 1. The van der Waals surface area contributed by atoms with Crippen LogP contribution in [0.3, 0.4) is 0 Å². The molecule has 0 bridgehead atoms. The van der Waals surface area contributed by atoms with Crippen LogP contribution in [0, 0.1) is 5.82 Å². The molecule has 0 saturated carbocycles. The zero-order chi connectivity index (χ0) is 28.4. The van der Waals surface area contributed by atoms with Crippen LogP contribution in [0.15, 0.2) is 37.3 Å². The summed E-state index contributed by atoms with van der Waals surface area (Å²) in [5.41, 5.74) is 12.2. The molecule has 4 heterocycles. The van der Waals surface area contributed by atoms with Crippen molar-refractivity contribution in [1.29, 1.82) is 0 Å². The number of benzene rings is 1. The Morgan fingerprint density at radius 1 is 1.02 bits per heavy atom. The molecule has 214 valence electrons. The summed E-state index contributed by atoms with van der Waals surface area (Å²) in [6, 6.07) is 3.06. The van der Waals surface area contributed by atoms with Crippen molar-refractivity contribution in [3.05, 3.63) is 60.1 Å². The van der Waals surface area contributed by atoms with Crippen LogP contribution in [-0.2, 0) is 12.7 Å². The van der Waals surface area contributed by atoms with E-state index in [1.54, 1.807) is 6.20 Å². The maximum absolute atomic E-state index is 14.0. The van der Waals surface area contributed by atoms with E-state index in [0.29, 0.717) is 42.4 Å². The highest BCUT2D eigenvalue weighted by Crippen LogP contribution is 2.36. The van der Waals surface area contributed by atoms with Gasteiger partial charge in [0.2, 0.25) is 0 Å². The van der Waals surface area contributed by atoms with Gasteiger partial charge in [-0.05, 0) is 57.0 Å². The fourth-order valence-electron chi connectivity index (χ4n) is 5.69. The third-order valence-electron chi connectivity index (χ3n) is 7.82. The molecule has 8 nitrogen and oxygen atoms in total. The van der Waals surface area contributed by atoms with Gasteiger partial charge in [0, 0.05) is 49.6 Å². The van der Waals surface area contributed by atoms with Crippen molar-refractivity contribution in [2.24, 2.45) is 5.73 Å². The van der Waals surface area contributed by atoms with E-state index in [-0.39, 0.29) is 17.3 Å². The largest absolute Gasteiger partial charge is 0.419 e. The first-order valence-electron chi connectivity index (χ1n) is 13.6. The van der Waals surface area contributed by atoms with E-state index in [1.165, 1.54) is 31.7 Å². The first-order chi connectivity index (χ1) is 19.1. The normalized spacial score (nSPS) is 17.4. The zero-order valence-corrected chi connectivity index (χ0v) is 22.3. The SMILES string of the molecule is C=C(N)c1c(N)ncnc1N1CCC(c2nc(-c3ccc(F)c(C(F)(F)F)c3)cn2CCN2CCCCC2)CC1. The molecule has 4 N–H and O–H groups in total. The van der Waals surface area contributed by atoms with Gasteiger partial charge in [-0.3, -0.25) is 0 Å². The van der Waals surface area contributed by atoms with Crippen molar-refractivity contribution >= 4 is 17.3 Å². The average molecular weight is 559 g/mol. The van der Waals surface area contributed by atoms with Crippen molar-refractivity contribution in [2.45, 2.75) is 50.7 Å². The summed E-state index contributed by atoms with van der Waals surface area (Å²) >= 11 is 0. The molecule has 40 heavy (non-hydrogen) atoms. The number of alkyl halides is 3. The molecule has 0 atom stereocenters. The van der Waals surface area contributed by atoms with Crippen molar-refractivity contribution in [1.82, 2.24) is 24.4 Å². The van der Waals surface area contributed by atoms with Gasteiger partial charge in [0.15, 0.2) is 0 Å². The highest BCUT2D eigenvalue weighted by molar-refractivity contribution is 5.78. The number of nitrogens with two attached hydrogens (primary N) is 2. The molecule has 0 aliphatic carbocycles. The number of hydrogen-bond donors (Lipinski definition) is 2. The number of imidazole rings is 1. The summed E-state index contributed by atoms with van der Waals surface area (Å²) < 4.78 is 56.3. The van der Waals surface area contributed by atoms with Crippen molar-refractivity contribution in [2.75, 3.05) is 43.4 Å². The van der Waals surface area contributed by atoms with E-state index in [4.69, 9.17) is 16.5 Å². The summed E-state index contributed by atoms with van der Waals surface area (Å²) in [4.78, 5) is 17.8. The van der Waals surface area contributed by atoms with Gasteiger partial charge in [-0.1, -0.05) is 13.0 Å². The molecule has 0 spiro atoms. The summed E-state index contributed by atoms with van der Waals surface area (Å²) in [5.74, 6) is 0.527. The van der Waals surface area contributed by atoms with E-state index in [2.05, 4.69) is 30.9 Å². The Kier molecular flexibility index (Phi) is 7.97. The summed E-state index contributed by atoms with van der Waals surface area (Å²) in [6.45, 7) is 8.72. The van der Waals surface area contributed by atoms with E-state index >= 15 is 0 Å². The van der Waals surface area contributed by atoms with Gasteiger partial charge in [-0.25, -0.2) is 19.3 Å². The second-order valence-electron chi connectivity index (χ2n) is 10.5. The van der Waals surface area contributed by atoms with Gasteiger partial charge in [0.05, 0.1) is 16.8 Å². The van der Waals surface area contributed by atoms with Gasteiger partial charge in [-0.15, -0.1) is 0 Å². The van der Waals surface area contributed by atoms with Gasteiger partial charge in [-0.2, -0.15) is 13.2 Å². The number of nitrogens with zero attached hydrogens (tertiary/aromatic N) is 6. The number of nitrogen functional groups attached to an aromatic ring is 1. The summed E-state index contributed by atoms with van der Waals surface area (Å²) in [7, 11) is 0. The Morgan fingerprint density at radius 2 is 1.75 bits per heavy atom. The Balaban J connectivity index is 1.41.